The van der Waals surface area contributed by atoms with E-state index < -0.39 is 0 Å². The summed E-state index contributed by atoms with van der Waals surface area (Å²) in [5.41, 5.74) is 0.917. The number of para-hydroxylation sites is 1. The van der Waals surface area contributed by atoms with Crippen LogP contribution in [0.2, 0.25) is 0 Å². The van der Waals surface area contributed by atoms with Gasteiger partial charge in [0.05, 0.1) is 25.7 Å². The van der Waals surface area contributed by atoms with Crippen LogP contribution in [-0.2, 0) is 0 Å². The SMILES string of the molecule is COc1ccccc1C(=O)CC(=O)c1ccc(OCC(C)C)cc1. The van der Waals surface area contributed by atoms with E-state index >= 15 is 0 Å². The molecule has 0 unspecified atom stereocenters. The van der Waals surface area contributed by atoms with Gasteiger partial charge in [-0.1, -0.05) is 26.0 Å². The quantitative estimate of drug-likeness (QED) is 0.539. The van der Waals surface area contributed by atoms with E-state index in [0.717, 1.165) is 5.75 Å². The number of Topliss-reactive ketones (excluding diaryl/α,β-unsaturated/α-hetero) is 2. The highest BCUT2D eigenvalue weighted by molar-refractivity contribution is 6.14. The summed E-state index contributed by atoms with van der Waals surface area (Å²) >= 11 is 0. The Labute approximate surface area is 142 Å². The molecule has 24 heavy (non-hydrogen) atoms. The normalized spacial score (nSPS) is 10.5. The second-order valence-corrected chi connectivity index (χ2v) is 5.95. The Hall–Kier alpha value is -2.62. The number of methoxy groups -OCH3 is 1. The zero-order valence-corrected chi connectivity index (χ0v) is 14.2. The first-order valence-electron chi connectivity index (χ1n) is 7.93. The Morgan fingerprint density at radius 1 is 0.958 bits per heavy atom. The number of rotatable bonds is 8. The fourth-order valence-corrected chi connectivity index (χ4v) is 2.22. The van der Waals surface area contributed by atoms with Crippen LogP contribution in [0.25, 0.3) is 0 Å². The molecule has 2 aromatic carbocycles. The van der Waals surface area contributed by atoms with E-state index in [1.54, 1.807) is 48.5 Å². The third-order valence-corrected chi connectivity index (χ3v) is 3.49. The standard InChI is InChI=1S/C20H22O4/c1-14(2)13-24-16-10-8-15(9-11-16)18(21)12-19(22)17-6-4-5-7-20(17)23-3/h4-11,14H,12-13H2,1-3H3. The van der Waals surface area contributed by atoms with Crippen LogP contribution in [0.5, 0.6) is 11.5 Å². The highest BCUT2D eigenvalue weighted by Crippen LogP contribution is 2.20. The molecule has 0 atom stereocenters. The molecule has 2 rings (SSSR count). The van der Waals surface area contributed by atoms with Crippen molar-refractivity contribution in [3.8, 4) is 11.5 Å². The second kappa shape index (κ2) is 8.29. The van der Waals surface area contributed by atoms with Crippen molar-refractivity contribution in [2.45, 2.75) is 20.3 Å². The summed E-state index contributed by atoms with van der Waals surface area (Å²) in [6.45, 7) is 4.77. The van der Waals surface area contributed by atoms with Crippen LogP contribution in [0, 0.1) is 5.92 Å². The molecule has 126 valence electrons. The molecule has 0 aliphatic carbocycles. The van der Waals surface area contributed by atoms with Gasteiger partial charge in [0.15, 0.2) is 11.6 Å². The summed E-state index contributed by atoms with van der Waals surface area (Å²) < 4.78 is 10.8. The number of hydrogen-bond donors (Lipinski definition) is 0. The molecule has 0 aliphatic heterocycles. The predicted octanol–water partition coefficient (Wildman–Crippen LogP) is 4.19. The highest BCUT2D eigenvalue weighted by atomic mass is 16.5. The lowest BCUT2D eigenvalue weighted by molar-refractivity contribution is 0.0893. The average Bonchev–Trinajstić information content (AvgIpc) is 2.60. The fraction of sp³-hybridized carbons (Fsp3) is 0.300. The third kappa shape index (κ3) is 4.69. The first-order chi connectivity index (χ1) is 11.5. The molecule has 4 heteroatoms. The molecule has 0 fully saturated rings. The van der Waals surface area contributed by atoms with Gasteiger partial charge in [-0.3, -0.25) is 9.59 Å². The zero-order valence-electron chi connectivity index (χ0n) is 14.2. The lowest BCUT2D eigenvalue weighted by Crippen LogP contribution is -2.10. The minimum atomic E-state index is -0.252. The molecule has 0 radical (unpaired) electrons. The molecule has 0 saturated heterocycles. The lowest BCUT2D eigenvalue weighted by atomic mass is 10.0. The molecule has 0 aromatic heterocycles. The largest absolute Gasteiger partial charge is 0.496 e. The van der Waals surface area contributed by atoms with Gasteiger partial charge in [-0.25, -0.2) is 0 Å². The predicted molar refractivity (Wildman–Crippen MR) is 93.0 cm³/mol. The monoisotopic (exact) mass is 326 g/mol. The molecule has 2 aromatic rings. The molecule has 0 bridgehead atoms. The highest BCUT2D eigenvalue weighted by Gasteiger charge is 2.17. The van der Waals surface area contributed by atoms with Gasteiger partial charge in [-0.2, -0.15) is 0 Å². The Balaban J connectivity index is 2.02. The number of carbonyl (C=O) groups is 2. The van der Waals surface area contributed by atoms with Gasteiger partial charge in [-0.15, -0.1) is 0 Å². The summed E-state index contributed by atoms with van der Waals surface area (Å²) in [5, 5.41) is 0. The van der Waals surface area contributed by atoms with E-state index in [9.17, 15) is 9.59 Å². The Bertz CT molecular complexity index is 702. The maximum atomic E-state index is 12.3. The Kier molecular flexibility index (Phi) is 6.13. The first kappa shape index (κ1) is 17.7. The topological polar surface area (TPSA) is 52.6 Å². The maximum absolute atomic E-state index is 12.3. The summed E-state index contributed by atoms with van der Waals surface area (Å²) in [6, 6.07) is 13.8. The number of benzene rings is 2. The van der Waals surface area contributed by atoms with E-state index in [1.807, 2.05) is 0 Å². The number of ether oxygens (including phenoxy) is 2. The van der Waals surface area contributed by atoms with Crippen molar-refractivity contribution in [1.29, 1.82) is 0 Å². The minimum absolute atomic E-state index is 0.188. The van der Waals surface area contributed by atoms with Gasteiger partial charge in [0.2, 0.25) is 0 Å². The van der Waals surface area contributed by atoms with E-state index in [4.69, 9.17) is 9.47 Å². The molecule has 0 spiro atoms. The van der Waals surface area contributed by atoms with Gasteiger partial charge in [0, 0.05) is 5.56 Å². The molecule has 0 heterocycles. The lowest BCUT2D eigenvalue weighted by Gasteiger charge is -2.09. The summed E-state index contributed by atoms with van der Waals surface area (Å²) in [4.78, 5) is 24.6. The van der Waals surface area contributed by atoms with Gasteiger partial charge in [0.25, 0.3) is 0 Å². The molecular formula is C20H22O4. The van der Waals surface area contributed by atoms with Crippen molar-refractivity contribution in [2.75, 3.05) is 13.7 Å². The zero-order chi connectivity index (χ0) is 17.5. The summed E-state index contributed by atoms with van der Waals surface area (Å²) in [7, 11) is 1.50. The van der Waals surface area contributed by atoms with Crippen molar-refractivity contribution >= 4 is 11.6 Å². The van der Waals surface area contributed by atoms with E-state index in [1.165, 1.54) is 7.11 Å². The van der Waals surface area contributed by atoms with Crippen LogP contribution in [0.4, 0.5) is 0 Å². The third-order valence-electron chi connectivity index (χ3n) is 3.49. The number of hydrogen-bond acceptors (Lipinski definition) is 4. The van der Waals surface area contributed by atoms with Crippen LogP contribution in [-0.4, -0.2) is 25.3 Å². The first-order valence-corrected chi connectivity index (χ1v) is 7.93. The van der Waals surface area contributed by atoms with E-state index in [2.05, 4.69) is 13.8 Å². The fourth-order valence-electron chi connectivity index (χ4n) is 2.22. The summed E-state index contributed by atoms with van der Waals surface area (Å²) in [6.07, 6.45) is -0.188. The van der Waals surface area contributed by atoms with Gasteiger partial charge in [-0.05, 0) is 42.3 Å². The van der Waals surface area contributed by atoms with Crippen molar-refractivity contribution in [2.24, 2.45) is 5.92 Å². The Morgan fingerprint density at radius 2 is 1.62 bits per heavy atom. The Morgan fingerprint density at radius 3 is 2.25 bits per heavy atom. The smallest absolute Gasteiger partial charge is 0.174 e. The number of carbonyl (C=O) groups excluding carboxylic acids is 2. The maximum Gasteiger partial charge on any atom is 0.174 e. The van der Waals surface area contributed by atoms with Gasteiger partial charge >= 0.3 is 0 Å². The molecule has 0 amide bonds. The van der Waals surface area contributed by atoms with Crippen LogP contribution in [0.3, 0.4) is 0 Å². The van der Waals surface area contributed by atoms with Crippen LogP contribution < -0.4 is 9.47 Å². The minimum Gasteiger partial charge on any atom is -0.496 e. The van der Waals surface area contributed by atoms with Crippen molar-refractivity contribution < 1.29 is 19.1 Å². The van der Waals surface area contributed by atoms with Crippen LogP contribution in [0.1, 0.15) is 41.0 Å². The van der Waals surface area contributed by atoms with Crippen LogP contribution in [0.15, 0.2) is 48.5 Å². The van der Waals surface area contributed by atoms with Gasteiger partial charge in [0.1, 0.15) is 11.5 Å². The number of ketones is 2. The van der Waals surface area contributed by atoms with Crippen molar-refractivity contribution in [1.82, 2.24) is 0 Å². The van der Waals surface area contributed by atoms with Crippen molar-refractivity contribution in [3.05, 3.63) is 59.7 Å². The molecule has 0 N–H and O–H groups in total. The molecule has 0 aliphatic rings. The second-order valence-electron chi connectivity index (χ2n) is 5.95. The van der Waals surface area contributed by atoms with E-state index in [-0.39, 0.29) is 18.0 Å². The molecule has 0 saturated carbocycles. The van der Waals surface area contributed by atoms with E-state index in [0.29, 0.717) is 29.4 Å². The average molecular weight is 326 g/mol. The van der Waals surface area contributed by atoms with Gasteiger partial charge < -0.3 is 9.47 Å². The van der Waals surface area contributed by atoms with Crippen molar-refractivity contribution in [3.63, 3.8) is 0 Å². The molecule has 4 nitrogen and oxygen atoms in total. The van der Waals surface area contributed by atoms with Crippen LogP contribution >= 0.6 is 0 Å². The molecular weight excluding hydrogens is 304 g/mol. The summed E-state index contributed by atoms with van der Waals surface area (Å²) in [5.74, 6) is 1.16.